The highest BCUT2D eigenvalue weighted by Crippen LogP contribution is 2.36. The number of rotatable bonds is 4. The predicted molar refractivity (Wildman–Crippen MR) is 129 cm³/mol. The van der Waals surface area contributed by atoms with Crippen molar-refractivity contribution in [3.63, 3.8) is 0 Å². The Morgan fingerprint density at radius 1 is 1.07 bits per heavy atom. The maximum absolute atomic E-state index is 6.20. The topological polar surface area (TPSA) is 9.23 Å². The minimum Gasteiger partial charge on any atom is -0.497 e. The van der Waals surface area contributed by atoms with Gasteiger partial charge in [-0.25, -0.2) is 0 Å². The Kier molecular flexibility index (Phi) is 5.54. The number of methoxy groups -OCH3 is 1. The van der Waals surface area contributed by atoms with Gasteiger partial charge < -0.3 is 4.74 Å². The normalized spacial score (nSPS) is 14.3. The van der Waals surface area contributed by atoms with E-state index < -0.39 is 16.9 Å². The van der Waals surface area contributed by atoms with Gasteiger partial charge in [-0.1, -0.05) is 99.3 Å². The van der Waals surface area contributed by atoms with Gasteiger partial charge in [0, 0.05) is 0 Å². The molecular formula is C25H35OSi2. The number of ether oxygens (including phenoxy) is 1. The summed E-state index contributed by atoms with van der Waals surface area (Å²) in [4.78, 5) is 0. The third kappa shape index (κ3) is 3.55. The lowest BCUT2D eigenvalue weighted by Gasteiger charge is -2.34. The quantitative estimate of drug-likeness (QED) is 0.620. The zero-order valence-electron chi connectivity index (χ0n) is 19.1. The second-order valence-corrected chi connectivity index (χ2v) is 16.9. The lowest BCUT2D eigenvalue weighted by Crippen LogP contribution is -2.48. The maximum Gasteiger partial charge on any atom is 0.122 e. The highest BCUT2D eigenvalue weighted by Gasteiger charge is 2.37. The van der Waals surface area contributed by atoms with Crippen LogP contribution in [0.4, 0.5) is 0 Å². The van der Waals surface area contributed by atoms with Gasteiger partial charge in [-0.2, -0.15) is 0 Å². The lowest BCUT2D eigenvalue weighted by molar-refractivity contribution is 0.401. The maximum atomic E-state index is 6.20. The summed E-state index contributed by atoms with van der Waals surface area (Å²) in [6.07, 6.45) is 3.54. The first-order valence-electron chi connectivity index (χ1n) is 10.3. The molecule has 0 fully saturated rings. The molecule has 0 N–H and O–H groups in total. The molecule has 1 aliphatic carbocycles. The predicted octanol–water partition coefficient (Wildman–Crippen LogP) is 5.36. The average molecular weight is 408 g/mol. The number of hydrogen-bond donors (Lipinski definition) is 0. The minimum atomic E-state index is -1.86. The van der Waals surface area contributed by atoms with Crippen molar-refractivity contribution in [2.45, 2.75) is 65.7 Å². The second-order valence-electron chi connectivity index (χ2n) is 9.94. The Balaban J connectivity index is 2.24. The minimum absolute atomic E-state index is 0.0703. The molecule has 3 heteroatoms. The fourth-order valence-electron chi connectivity index (χ4n) is 4.69. The van der Waals surface area contributed by atoms with Crippen molar-refractivity contribution in [1.29, 1.82) is 0 Å². The first-order chi connectivity index (χ1) is 13.0. The van der Waals surface area contributed by atoms with Crippen molar-refractivity contribution in [3.05, 3.63) is 57.8 Å². The largest absolute Gasteiger partial charge is 0.497 e. The van der Waals surface area contributed by atoms with Crippen LogP contribution >= 0.6 is 0 Å². The molecule has 2 aromatic carbocycles. The number of fused-ring (bicyclic) bond motifs is 1. The van der Waals surface area contributed by atoms with E-state index in [4.69, 9.17) is 4.74 Å². The standard InChI is InChI=1S/C25H35OSi2/c1-17-14-21(23(26-5)22(25(2,3)4)24(17)27(6)7)28(8,9)20-15-18-12-10-11-13-19(18)16-20/h10-15H,16H2,1-9H3. The first kappa shape index (κ1) is 21.1. The van der Waals surface area contributed by atoms with Gasteiger partial charge in [0.2, 0.25) is 0 Å². The van der Waals surface area contributed by atoms with Crippen LogP contribution in [-0.2, 0) is 11.8 Å². The molecule has 28 heavy (non-hydrogen) atoms. The molecule has 0 saturated heterocycles. The van der Waals surface area contributed by atoms with Crippen LogP contribution in [0.25, 0.3) is 6.08 Å². The van der Waals surface area contributed by atoms with Gasteiger partial charge in [-0.15, -0.1) is 0 Å². The van der Waals surface area contributed by atoms with Crippen molar-refractivity contribution in [2.75, 3.05) is 7.11 Å². The fourth-order valence-corrected chi connectivity index (χ4v) is 9.41. The monoisotopic (exact) mass is 407 g/mol. The summed E-state index contributed by atoms with van der Waals surface area (Å²) in [5.41, 5.74) is 5.83. The highest BCUT2D eigenvalue weighted by molar-refractivity contribution is 6.97. The second kappa shape index (κ2) is 7.34. The summed E-state index contributed by atoms with van der Waals surface area (Å²) in [6.45, 7) is 19.1. The van der Waals surface area contributed by atoms with Crippen molar-refractivity contribution in [2.24, 2.45) is 0 Å². The lowest BCUT2D eigenvalue weighted by atomic mass is 9.85. The smallest absolute Gasteiger partial charge is 0.122 e. The molecule has 0 amide bonds. The molecular weight excluding hydrogens is 372 g/mol. The Hall–Kier alpha value is -1.59. The molecule has 1 aliphatic rings. The van der Waals surface area contributed by atoms with Crippen LogP contribution in [-0.4, -0.2) is 24.0 Å². The summed E-state index contributed by atoms with van der Waals surface area (Å²) in [6, 6.07) is 11.3. The number of allylic oxidation sites excluding steroid dienone is 1. The van der Waals surface area contributed by atoms with Gasteiger partial charge >= 0.3 is 0 Å². The zero-order valence-corrected chi connectivity index (χ0v) is 21.1. The van der Waals surface area contributed by atoms with E-state index in [1.54, 1.807) is 10.4 Å². The molecule has 149 valence electrons. The zero-order chi connectivity index (χ0) is 20.9. The third-order valence-corrected chi connectivity index (χ3v) is 11.5. The van der Waals surface area contributed by atoms with Gasteiger partial charge in [0.05, 0.1) is 15.9 Å². The molecule has 0 saturated carbocycles. The van der Waals surface area contributed by atoms with Crippen LogP contribution in [0.3, 0.4) is 0 Å². The third-order valence-electron chi connectivity index (χ3n) is 6.17. The molecule has 0 aromatic heterocycles. The molecule has 3 rings (SSSR count). The molecule has 0 bridgehead atoms. The summed E-state index contributed by atoms with van der Waals surface area (Å²) >= 11 is 0. The molecule has 1 nitrogen and oxygen atoms in total. The van der Waals surface area contributed by atoms with Gasteiger partial charge in [-0.05, 0) is 40.6 Å². The first-order valence-corrected chi connectivity index (χ1v) is 15.8. The summed E-state index contributed by atoms with van der Waals surface area (Å²) in [5.74, 6) is 1.16. The molecule has 0 spiro atoms. The average Bonchev–Trinajstić information content (AvgIpc) is 3.04. The SMILES string of the molecule is COc1c([Si](C)(C)C2=Cc3ccccc3C2)cc(C)c([Si](C)C)c1C(C)(C)C. The Morgan fingerprint density at radius 3 is 2.25 bits per heavy atom. The Bertz CT molecular complexity index is 930. The van der Waals surface area contributed by atoms with E-state index in [2.05, 4.69) is 90.3 Å². The highest BCUT2D eigenvalue weighted by atomic mass is 28.3. The van der Waals surface area contributed by atoms with E-state index in [-0.39, 0.29) is 5.41 Å². The van der Waals surface area contributed by atoms with Gasteiger partial charge in [0.1, 0.15) is 13.8 Å². The van der Waals surface area contributed by atoms with Crippen molar-refractivity contribution in [1.82, 2.24) is 0 Å². The van der Waals surface area contributed by atoms with E-state index in [1.165, 1.54) is 27.4 Å². The van der Waals surface area contributed by atoms with Gasteiger partial charge in [0.15, 0.2) is 0 Å². The molecule has 0 heterocycles. The molecule has 0 unspecified atom stereocenters. The van der Waals surface area contributed by atoms with E-state index in [0.29, 0.717) is 0 Å². The van der Waals surface area contributed by atoms with Crippen LogP contribution in [0.15, 0.2) is 35.5 Å². The molecule has 0 aliphatic heterocycles. The van der Waals surface area contributed by atoms with Crippen molar-refractivity contribution < 1.29 is 4.74 Å². The number of hydrogen-bond acceptors (Lipinski definition) is 1. The van der Waals surface area contributed by atoms with Crippen LogP contribution in [0, 0.1) is 6.92 Å². The molecule has 2 aromatic rings. The number of aryl methyl sites for hydroxylation is 1. The Labute approximate surface area is 174 Å². The van der Waals surface area contributed by atoms with Crippen LogP contribution in [0.1, 0.15) is 43.0 Å². The van der Waals surface area contributed by atoms with Crippen molar-refractivity contribution >= 4 is 33.3 Å². The summed E-state index contributed by atoms with van der Waals surface area (Å²) in [5, 5.41) is 4.63. The van der Waals surface area contributed by atoms with Crippen LogP contribution < -0.4 is 15.1 Å². The van der Waals surface area contributed by atoms with Gasteiger partial charge in [-0.3, -0.25) is 0 Å². The van der Waals surface area contributed by atoms with Crippen molar-refractivity contribution in [3.8, 4) is 5.75 Å². The molecule has 1 radical (unpaired) electrons. The van der Waals surface area contributed by atoms with Crippen LogP contribution in [0.2, 0.25) is 26.2 Å². The van der Waals surface area contributed by atoms with Crippen LogP contribution in [0.5, 0.6) is 5.75 Å². The fraction of sp³-hybridized carbons (Fsp3) is 0.440. The van der Waals surface area contributed by atoms with E-state index in [0.717, 1.165) is 12.2 Å². The summed E-state index contributed by atoms with van der Waals surface area (Å²) in [7, 11) is -0.582. The summed E-state index contributed by atoms with van der Waals surface area (Å²) < 4.78 is 6.20. The molecule has 0 atom stereocenters. The Morgan fingerprint density at radius 2 is 1.71 bits per heavy atom. The van der Waals surface area contributed by atoms with Gasteiger partial charge in [0.25, 0.3) is 0 Å². The number of benzene rings is 2. The van der Waals surface area contributed by atoms with E-state index in [1.807, 2.05) is 7.11 Å². The van der Waals surface area contributed by atoms with E-state index in [9.17, 15) is 0 Å². The van der Waals surface area contributed by atoms with E-state index >= 15 is 0 Å².